The minimum Gasteiger partial charge on any atom is -0.467 e. The Bertz CT molecular complexity index is 121. The number of rotatable bonds is 6. The number of hydrogen-bond donors (Lipinski definition) is 0. The van der Waals surface area contributed by atoms with Crippen LogP contribution in [0.15, 0.2) is 0 Å². The van der Waals surface area contributed by atoms with Crippen molar-refractivity contribution in [3.8, 4) is 0 Å². The second-order valence-corrected chi connectivity index (χ2v) is 3.39. The maximum absolute atomic E-state index is 9.89. The fourth-order valence-electron chi connectivity index (χ4n) is 1.32. The van der Waals surface area contributed by atoms with E-state index < -0.39 is 0 Å². The molecule has 0 spiro atoms. The molecule has 0 radical (unpaired) electrons. The van der Waals surface area contributed by atoms with Gasteiger partial charge in [-0.3, -0.25) is 9.69 Å². The zero-order valence-corrected chi connectivity index (χ0v) is 9.71. The van der Waals surface area contributed by atoms with E-state index in [1.807, 2.05) is 0 Å². The molecule has 0 unspecified atom stereocenters. The second kappa shape index (κ2) is 8.52. The first kappa shape index (κ1) is 15.4. The molecule has 13 heavy (non-hydrogen) atoms. The predicted molar refractivity (Wildman–Crippen MR) is 49.0 cm³/mol. The standard InChI is InChI=1S/C9H19NO2.Ni/c1-8(2)10(9(3)4)5-6-12-7-11;/h7-9H,5-6H2,1-4H3;. The third-order valence-corrected chi connectivity index (χ3v) is 1.86. The van der Waals surface area contributed by atoms with Crippen molar-refractivity contribution in [2.45, 2.75) is 39.8 Å². The molecule has 4 heteroatoms. The third kappa shape index (κ3) is 7.03. The monoisotopic (exact) mass is 231 g/mol. The molecule has 0 saturated carbocycles. The van der Waals surface area contributed by atoms with Crippen LogP contribution in [0.3, 0.4) is 0 Å². The van der Waals surface area contributed by atoms with Gasteiger partial charge in [-0.2, -0.15) is 0 Å². The van der Waals surface area contributed by atoms with Crippen molar-refractivity contribution >= 4 is 6.47 Å². The quantitative estimate of drug-likeness (QED) is 0.392. The molecule has 0 aliphatic heterocycles. The third-order valence-electron chi connectivity index (χ3n) is 1.86. The molecule has 0 atom stereocenters. The second-order valence-electron chi connectivity index (χ2n) is 3.39. The van der Waals surface area contributed by atoms with Gasteiger partial charge in [0.2, 0.25) is 0 Å². The van der Waals surface area contributed by atoms with Crippen molar-refractivity contribution in [2.24, 2.45) is 0 Å². The molecule has 0 aromatic carbocycles. The van der Waals surface area contributed by atoms with Gasteiger partial charge in [-0.05, 0) is 27.7 Å². The van der Waals surface area contributed by atoms with Crippen molar-refractivity contribution in [1.29, 1.82) is 0 Å². The molecular weight excluding hydrogens is 213 g/mol. The van der Waals surface area contributed by atoms with Gasteiger partial charge < -0.3 is 4.74 Å². The van der Waals surface area contributed by atoms with Crippen molar-refractivity contribution < 1.29 is 26.0 Å². The van der Waals surface area contributed by atoms with Gasteiger partial charge in [0.25, 0.3) is 6.47 Å². The summed E-state index contributed by atoms with van der Waals surface area (Å²) in [5.74, 6) is 0. The van der Waals surface area contributed by atoms with Gasteiger partial charge in [-0.25, -0.2) is 0 Å². The summed E-state index contributed by atoms with van der Waals surface area (Å²) >= 11 is 0. The Morgan fingerprint density at radius 3 is 2.00 bits per heavy atom. The Balaban J connectivity index is 0. The van der Waals surface area contributed by atoms with E-state index in [-0.39, 0.29) is 16.5 Å². The van der Waals surface area contributed by atoms with E-state index in [0.29, 0.717) is 25.2 Å². The molecule has 82 valence electrons. The summed E-state index contributed by atoms with van der Waals surface area (Å²) in [7, 11) is 0. The van der Waals surface area contributed by atoms with Gasteiger partial charge in [0.15, 0.2) is 0 Å². The number of carbonyl (C=O) groups excluding carboxylic acids is 1. The summed E-state index contributed by atoms with van der Waals surface area (Å²) in [5.41, 5.74) is 0. The van der Waals surface area contributed by atoms with Crippen molar-refractivity contribution in [3.63, 3.8) is 0 Å². The topological polar surface area (TPSA) is 29.5 Å². The van der Waals surface area contributed by atoms with Crippen LogP contribution in [0, 0.1) is 0 Å². The normalized spacial score (nSPS) is 10.4. The van der Waals surface area contributed by atoms with Crippen LogP contribution in [0.25, 0.3) is 0 Å². The SMILES string of the molecule is CC(C)N(CCOC=O)C(C)C.[Ni]. The molecule has 0 aromatic rings. The van der Waals surface area contributed by atoms with E-state index in [2.05, 4.69) is 37.3 Å². The van der Waals surface area contributed by atoms with E-state index in [4.69, 9.17) is 0 Å². The molecule has 0 fully saturated rings. The largest absolute Gasteiger partial charge is 0.467 e. The van der Waals surface area contributed by atoms with E-state index in [1.165, 1.54) is 0 Å². The van der Waals surface area contributed by atoms with Crippen molar-refractivity contribution in [1.82, 2.24) is 4.90 Å². The van der Waals surface area contributed by atoms with Crippen LogP contribution in [0.5, 0.6) is 0 Å². The molecule has 0 N–H and O–H groups in total. The smallest absolute Gasteiger partial charge is 0.293 e. The van der Waals surface area contributed by atoms with E-state index in [9.17, 15) is 4.79 Å². The summed E-state index contributed by atoms with van der Waals surface area (Å²) in [6.07, 6.45) is 0. The van der Waals surface area contributed by atoms with Crippen molar-refractivity contribution in [2.75, 3.05) is 13.2 Å². The fourth-order valence-corrected chi connectivity index (χ4v) is 1.32. The van der Waals surface area contributed by atoms with Gasteiger partial charge in [0.1, 0.15) is 6.61 Å². The first-order chi connectivity index (χ1) is 5.59. The first-order valence-electron chi connectivity index (χ1n) is 4.40. The van der Waals surface area contributed by atoms with Crippen LogP contribution < -0.4 is 0 Å². The molecular formula is C9H19NNiO2. The molecule has 0 aliphatic rings. The van der Waals surface area contributed by atoms with E-state index >= 15 is 0 Å². The summed E-state index contributed by atoms with van der Waals surface area (Å²) in [6, 6.07) is 1.00. The molecule has 0 heterocycles. The van der Waals surface area contributed by atoms with Gasteiger partial charge in [0, 0.05) is 35.1 Å². The maximum atomic E-state index is 9.89. The van der Waals surface area contributed by atoms with Crippen LogP contribution in [0.2, 0.25) is 0 Å². The van der Waals surface area contributed by atoms with E-state index in [1.54, 1.807) is 0 Å². The molecule has 0 rings (SSSR count). The molecule has 0 aliphatic carbocycles. The fraction of sp³-hybridized carbons (Fsp3) is 0.889. The number of nitrogens with zero attached hydrogens (tertiary/aromatic N) is 1. The van der Waals surface area contributed by atoms with E-state index in [0.717, 1.165) is 6.54 Å². The first-order valence-corrected chi connectivity index (χ1v) is 4.40. The summed E-state index contributed by atoms with van der Waals surface area (Å²) < 4.78 is 4.64. The summed E-state index contributed by atoms with van der Waals surface area (Å²) in [4.78, 5) is 12.2. The van der Waals surface area contributed by atoms with Gasteiger partial charge in [0.05, 0.1) is 0 Å². The average molecular weight is 232 g/mol. The summed E-state index contributed by atoms with van der Waals surface area (Å²) in [6.45, 7) is 10.4. The molecule has 0 aromatic heterocycles. The number of hydrogen-bond acceptors (Lipinski definition) is 3. The van der Waals surface area contributed by atoms with Crippen LogP contribution in [0.4, 0.5) is 0 Å². The Labute approximate surface area is 90.7 Å². The summed E-state index contributed by atoms with van der Waals surface area (Å²) in [5, 5.41) is 0. The zero-order valence-electron chi connectivity index (χ0n) is 8.73. The van der Waals surface area contributed by atoms with Crippen LogP contribution in [-0.2, 0) is 26.0 Å². The van der Waals surface area contributed by atoms with Gasteiger partial charge in [-0.1, -0.05) is 0 Å². The van der Waals surface area contributed by atoms with Crippen LogP contribution >= 0.6 is 0 Å². The van der Waals surface area contributed by atoms with Gasteiger partial charge in [-0.15, -0.1) is 0 Å². The Morgan fingerprint density at radius 2 is 1.69 bits per heavy atom. The minimum absolute atomic E-state index is 0. The van der Waals surface area contributed by atoms with Crippen LogP contribution in [-0.4, -0.2) is 36.6 Å². The Kier molecular flexibility index (Phi) is 10.1. The Morgan fingerprint density at radius 1 is 1.23 bits per heavy atom. The van der Waals surface area contributed by atoms with Crippen LogP contribution in [0.1, 0.15) is 27.7 Å². The number of carbonyl (C=O) groups is 1. The average Bonchev–Trinajstić information content (AvgIpc) is 1.96. The predicted octanol–water partition coefficient (Wildman–Crippen LogP) is 1.28. The van der Waals surface area contributed by atoms with Crippen molar-refractivity contribution in [3.05, 3.63) is 0 Å². The number of ether oxygens (including phenoxy) is 1. The molecule has 0 bridgehead atoms. The minimum atomic E-state index is 0. The Hall–Kier alpha value is -0.0765. The maximum Gasteiger partial charge on any atom is 0.293 e. The molecule has 0 saturated heterocycles. The van der Waals surface area contributed by atoms with Gasteiger partial charge >= 0.3 is 0 Å². The molecule has 0 amide bonds. The molecule has 3 nitrogen and oxygen atoms in total. The zero-order chi connectivity index (χ0) is 9.56.